The molecule has 1 heterocycles. The molecule has 0 saturated heterocycles. The average molecular weight is 955 g/mol. The number of rotatable bonds is 5. The summed E-state index contributed by atoms with van der Waals surface area (Å²) in [5.74, 6) is 0. The Hall–Kier alpha value is -7.94. The SMILES string of the molecule is CC(C)(C)c1ccc2c(c1)C1(c3ccccc3-c3ccccc31)c1cc(C(C)(C)C)cc(N(c3ccc(-c4ccc5c(c4)c4ccccc4n5-c4ccccc4)cc3)c3ccc4c(c3)C(C)(C)C3=C4CCC=C3)c1-2. The number of hydrogen-bond acceptors (Lipinski definition) is 1. The molecule has 9 aromatic carbocycles. The topological polar surface area (TPSA) is 8.17 Å². The fourth-order valence-electron chi connectivity index (χ4n) is 13.7. The Morgan fingerprint density at radius 2 is 1.08 bits per heavy atom. The number of para-hydroxylation sites is 2. The predicted molar refractivity (Wildman–Crippen MR) is 313 cm³/mol. The molecule has 0 aliphatic heterocycles. The Morgan fingerprint density at radius 3 is 1.81 bits per heavy atom. The highest BCUT2D eigenvalue weighted by Gasteiger charge is 2.53. The summed E-state index contributed by atoms with van der Waals surface area (Å²) in [7, 11) is 0. The van der Waals surface area contributed by atoms with Crippen molar-refractivity contribution in [2.45, 2.75) is 89.9 Å². The maximum atomic E-state index is 2.62. The fraction of sp³-hybridized carbons (Fsp3) is 0.194. The van der Waals surface area contributed by atoms with Crippen LogP contribution in [-0.2, 0) is 21.7 Å². The zero-order valence-electron chi connectivity index (χ0n) is 43.9. The summed E-state index contributed by atoms with van der Waals surface area (Å²) in [6.45, 7) is 19.1. The smallest absolute Gasteiger partial charge is 0.0726 e. The summed E-state index contributed by atoms with van der Waals surface area (Å²) in [5, 5.41) is 2.52. The number of hydrogen-bond donors (Lipinski definition) is 0. The third kappa shape index (κ3) is 6.30. The summed E-state index contributed by atoms with van der Waals surface area (Å²) in [6.07, 6.45) is 6.96. The molecule has 2 nitrogen and oxygen atoms in total. The molecule has 0 radical (unpaired) electrons. The first kappa shape index (κ1) is 44.7. The van der Waals surface area contributed by atoms with Crippen molar-refractivity contribution in [2.24, 2.45) is 0 Å². The minimum atomic E-state index is -0.512. The normalized spacial score (nSPS) is 15.6. The van der Waals surface area contributed by atoms with Crippen LogP contribution in [0.1, 0.15) is 113 Å². The highest BCUT2D eigenvalue weighted by molar-refractivity contribution is 6.10. The maximum Gasteiger partial charge on any atom is 0.0726 e. The molecule has 0 N–H and O–H groups in total. The Kier molecular flexibility index (Phi) is 9.54. The van der Waals surface area contributed by atoms with Crippen molar-refractivity contribution >= 4 is 44.4 Å². The third-order valence-corrected chi connectivity index (χ3v) is 17.4. The van der Waals surface area contributed by atoms with Crippen molar-refractivity contribution in [3.63, 3.8) is 0 Å². The highest BCUT2D eigenvalue weighted by Crippen LogP contribution is 2.66. The van der Waals surface area contributed by atoms with Crippen LogP contribution >= 0.6 is 0 Å². The first-order valence-electron chi connectivity index (χ1n) is 26.8. The predicted octanol–water partition coefficient (Wildman–Crippen LogP) is 19.3. The van der Waals surface area contributed by atoms with Gasteiger partial charge >= 0.3 is 0 Å². The van der Waals surface area contributed by atoms with Gasteiger partial charge in [0.25, 0.3) is 0 Å². The van der Waals surface area contributed by atoms with Crippen molar-refractivity contribution in [1.29, 1.82) is 0 Å². The van der Waals surface area contributed by atoms with Crippen LogP contribution in [0.15, 0.2) is 212 Å². The molecule has 360 valence electrons. The second kappa shape index (κ2) is 15.8. The van der Waals surface area contributed by atoms with Gasteiger partial charge in [0, 0.05) is 38.8 Å². The summed E-state index contributed by atoms with van der Waals surface area (Å²) < 4.78 is 2.40. The van der Waals surface area contributed by atoms with Gasteiger partial charge in [0.1, 0.15) is 0 Å². The van der Waals surface area contributed by atoms with Gasteiger partial charge in [-0.15, -0.1) is 0 Å². The van der Waals surface area contributed by atoms with Crippen LogP contribution < -0.4 is 4.90 Å². The van der Waals surface area contributed by atoms with E-state index in [9.17, 15) is 0 Å². The third-order valence-electron chi connectivity index (χ3n) is 17.4. The molecule has 10 aromatic rings. The molecule has 14 rings (SSSR count). The van der Waals surface area contributed by atoms with Crippen molar-refractivity contribution in [2.75, 3.05) is 4.90 Å². The molecular weight excluding hydrogens is 893 g/mol. The van der Waals surface area contributed by atoms with Crippen LogP contribution in [0.4, 0.5) is 17.1 Å². The second-order valence-corrected chi connectivity index (χ2v) is 24.0. The van der Waals surface area contributed by atoms with E-state index in [2.05, 4.69) is 271 Å². The Bertz CT molecular complexity index is 4000. The Labute approximate surface area is 437 Å². The van der Waals surface area contributed by atoms with E-state index in [0.717, 1.165) is 18.5 Å². The van der Waals surface area contributed by atoms with Crippen LogP contribution in [-0.4, -0.2) is 4.57 Å². The number of nitrogens with zero attached hydrogens (tertiary/aromatic N) is 2. The molecule has 0 atom stereocenters. The van der Waals surface area contributed by atoms with Crippen molar-refractivity contribution < 1.29 is 0 Å². The first-order valence-corrected chi connectivity index (χ1v) is 26.8. The molecule has 0 fully saturated rings. The van der Waals surface area contributed by atoms with Crippen molar-refractivity contribution in [3.05, 3.63) is 256 Å². The van der Waals surface area contributed by atoms with Crippen LogP contribution in [0.2, 0.25) is 0 Å². The van der Waals surface area contributed by atoms with E-state index in [-0.39, 0.29) is 16.2 Å². The minimum Gasteiger partial charge on any atom is -0.310 e. The maximum absolute atomic E-state index is 2.62. The zero-order valence-corrected chi connectivity index (χ0v) is 43.9. The molecule has 0 saturated carbocycles. The summed E-state index contributed by atoms with van der Waals surface area (Å²) in [5.41, 5.74) is 27.9. The van der Waals surface area contributed by atoms with Crippen LogP contribution in [0.3, 0.4) is 0 Å². The molecule has 4 aliphatic carbocycles. The molecule has 1 aromatic heterocycles. The van der Waals surface area contributed by atoms with E-state index in [1.54, 1.807) is 0 Å². The molecule has 1 spiro atoms. The van der Waals surface area contributed by atoms with Gasteiger partial charge in [0.05, 0.1) is 22.1 Å². The van der Waals surface area contributed by atoms with E-state index >= 15 is 0 Å². The largest absolute Gasteiger partial charge is 0.310 e. The van der Waals surface area contributed by atoms with Gasteiger partial charge in [-0.25, -0.2) is 0 Å². The second-order valence-electron chi connectivity index (χ2n) is 24.0. The minimum absolute atomic E-state index is 0.0427. The number of fused-ring (bicyclic) bond motifs is 15. The lowest BCUT2D eigenvalue weighted by molar-refractivity contribution is 0.586. The highest BCUT2D eigenvalue weighted by atomic mass is 15.1. The van der Waals surface area contributed by atoms with Crippen molar-refractivity contribution in [3.8, 4) is 39.1 Å². The number of aromatic nitrogens is 1. The van der Waals surface area contributed by atoms with Crippen LogP contribution in [0, 0.1) is 0 Å². The molecule has 4 aliphatic rings. The average Bonchev–Trinajstić information content (AvgIpc) is 4.08. The Balaban J connectivity index is 1.02. The Morgan fingerprint density at radius 1 is 0.459 bits per heavy atom. The lowest BCUT2D eigenvalue weighted by atomic mass is 9.68. The molecular formula is C72H62N2. The van der Waals surface area contributed by atoms with E-state index in [4.69, 9.17) is 0 Å². The van der Waals surface area contributed by atoms with Gasteiger partial charge in [0.15, 0.2) is 0 Å². The first-order chi connectivity index (χ1) is 35.7. The van der Waals surface area contributed by atoms with Gasteiger partial charge in [0.2, 0.25) is 0 Å². The van der Waals surface area contributed by atoms with Crippen LogP contribution in [0.5, 0.6) is 0 Å². The van der Waals surface area contributed by atoms with Crippen molar-refractivity contribution in [1.82, 2.24) is 4.57 Å². The lowest BCUT2D eigenvalue weighted by Gasteiger charge is -2.35. The quantitative estimate of drug-likeness (QED) is 0.167. The summed E-state index contributed by atoms with van der Waals surface area (Å²) in [4.78, 5) is 2.62. The standard InChI is InChI=1S/C72H62N2/c1-69(2,3)47-33-37-57-63(41-47)72(60-27-17-13-23-53(60)54-24-14-18-28-61(54)72)64-42-48(70(4,5)6)43-67(68(57)64)73(51-36-38-55-52-22-12-16-26-59(52)71(7,8)62(55)44-51)50-34-30-45(31-35-50)46-32-39-66-58(40-46)56-25-15-19-29-65(56)74(66)49-20-10-9-11-21-49/h9-11,13-21,23-44H,12,22H2,1-8H3. The van der Waals surface area contributed by atoms with E-state index in [1.807, 2.05) is 0 Å². The molecule has 0 amide bonds. The zero-order chi connectivity index (χ0) is 50.5. The number of anilines is 3. The molecule has 74 heavy (non-hydrogen) atoms. The summed E-state index contributed by atoms with van der Waals surface area (Å²) >= 11 is 0. The van der Waals surface area contributed by atoms with E-state index < -0.39 is 5.41 Å². The van der Waals surface area contributed by atoms with E-state index in [1.165, 1.54) is 128 Å². The van der Waals surface area contributed by atoms with Gasteiger partial charge in [-0.3, -0.25) is 0 Å². The molecule has 2 heteroatoms. The fourth-order valence-corrected chi connectivity index (χ4v) is 13.7. The van der Waals surface area contributed by atoms with Gasteiger partial charge in [-0.05, 0) is 168 Å². The van der Waals surface area contributed by atoms with E-state index in [0.29, 0.717) is 0 Å². The monoisotopic (exact) mass is 954 g/mol. The van der Waals surface area contributed by atoms with Gasteiger partial charge in [-0.1, -0.05) is 201 Å². The van der Waals surface area contributed by atoms with Gasteiger partial charge in [-0.2, -0.15) is 0 Å². The van der Waals surface area contributed by atoms with Crippen LogP contribution in [0.25, 0.3) is 66.4 Å². The summed E-state index contributed by atoms with van der Waals surface area (Å²) in [6, 6.07) is 74.5. The lowest BCUT2D eigenvalue weighted by Crippen LogP contribution is -2.27. The molecule has 0 bridgehead atoms. The molecule has 0 unspecified atom stereocenters. The number of benzene rings is 9. The van der Waals surface area contributed by atoms with Gasteiger partial charge < -0.3 is 9.47 Å². The number of allylic oxidation sites excluding steroid dienone is 4.